The molecule has 0 unspecified atom stereocenters. The third-order valence-electron chi connectivity index (χ3n) is 3.87. The van der Waals surface area contributed by atoms with Crippen molar-refractivity contribution in [2.75, 3.05) is 24.2 Å². The molecule has 0 atom stereocenters. The van der Waals surface area contributed by atoms with E-state index >= 15 is 0 Å². The molecule has 24 heavy (non-hydrogen) atoms. The molecule has 0 radical (unpaired) electrons. The van der Waals surface area contributed by atoms with Gasteiger partial charge >= 0.3 is 0 Å². The van der Waals surface area contributed by atoms with Gasteiger partial charge in [-0.1, -0.05) is 23.4 Å². The molecule has 2 fully saturated rings. The quantitative estimate of drug-likeness (QED) is 0.810. The molecule has 0 aromatic heterocycles. The number of amides is 3. The maximum Gasteiger partial charge on any atom is 0.281 e. The molecule has 1 aromatic carbocycles. The fraction of sp³-hybridized carbons (Fsp3) is 0.438. The highest BCUT2D eigenvalue weighted by Gasteiger charge is 2.25. The summed E-state index contributed by atoms with van der Waals surface area (Å²) in [6.07, 6.45) is 2.16. The van der Waals surface area contributed by atoms with Gasteiger partial charge in [-0.3, -0.25) is 14.4 Å². The Morgan fingerprint density at radius 1 is 1.33 bits per heavy atom. The SMILES string of the molecule is O=C(CCN1CCSC1=O)Nc1ccc(Cl)cc1C(=O)NC1CC1. The number of nitrogens with one attached hydrogen (secondary N) is 2. The molecule has 1 aliphatic carbocycles. The van der Waals surface area contributed by atoms with Gasteiger partial charge in [0.25, 0.3) is 11.1 Å². The molecule has 3 amide bonds. The van der Waals surface area contributed by atoms with Crippen molar-refractivity contribution in [2.45, 2.75) is 25.3 Å². The number of hydrogen-bond donors (Lipinski definition) is 2. The molecule has 1 heterocycles. The van der Waals surface area contributed by atoms with Crippen LogP contribution in [0.15, 0.2) is 18.2 Å². The Morgan fingerprint density at radius 3 is 2.79 bits per heavy atom. The van der Waals surface area contributed by atoms with Gasteiger partial charge in [0.2, 0.25) is 5.91 Å². The van der Waals surface area contributed by atoms with Crippen molar-refractivity contribution >= 4 is 46.1 Å². The number of carbonyl (C=O) groups excluding carboxylic acids is 3. The second-order valence-electron chi connectivity index (χ2n) is 5.84. The van der Waals surface area contributed by atoms with Crippen LogP contribution in [0.4, 0.5) is 10.5 Å². The zero-order valence-corrected chi connectivity index (χ0v) is 14.6. The summed E-state index contributed by atoms with van der Waals surface area (Å²) < 4.78 is 0. The first kappa shape index (κ1) is 17.1. The fourth-order valence-corrected chi connectivity index (χ4v) is 3.41. The third kappa shape index (κ3) is 4.42. The topological polar surface area (TPSA) is 78.5 Å². The predicted octanol–water partition coefficient (Wildman–Crippen LogP) is 2.73. The summed E-state index contributed by atoms with van der Waals surface area (Å²) in [5.41, 5.74) is 0.792. The molecule has 1 saturated carbocycles. The van der Waals surface area contributed by atoms with Crippen LogP contribution in [-0.4, -0.2) is 46.8 Å². The van der Waals surface area contributed by atoms with Crippen LogP contribution in [0.25, 0.3) is 0 Å². The summed E-state index contributed by atoms with van der Waals surface area (Å²) in [4.78, 5) is 37.6. The number of anilines is 1. The first-order chi connectivity index (χ1) is 11.5. The van der Waals surface area contributed by atoms with E-state index in [9.17, 15) is 14.4 Å². The van der Waals surface area contributed by atoms with E-state index in [4.69, 9.17) is 11.6 Å². The number of benzene rings is 1. The maximum absolute atomic E-state index is 12.3. The summed E-state index contributed by atoms with van der Waals surface area (Å²) in [6, 6.07) is 5.03. The number of thioether (sulfide) groups is 1. The van der Waals surface area contributed by atoms with Crippen LogP contribution in [0.2, 0.25) is 5.02 Å². The van der Waals surface area contributed by atoms with Gasteiger partial charge in [-0.25, -0.2) is 0 Å². The average molecular weight is 368 g/mol. The van der Waals surface area contributed by atoms with Gasteiger partial charge in [0.15, 0.2) is 0 Å². The highest BCUT2D eigenvalue weighted by atomic mass is 35.5. The van der Waals surface area contributed by atoms with Crippen molar-refractivity contribution in [1.82, 2.24) is 10.2 Å². The van der Waals surface area contributed by atoms with Gasteiger partial charge in [0, 0.05) is 36.3 Å². The predicted molar refractivity (Wildman–Crippen MR) is 94.6 cm³/mol. The van der Waals surface area contributed by atoms with E-state index in [0.29, 0.717) is 29.4 Å². The molecule has 6 nitrogen and oxygen atoms in total. The fourth-order valence-electron chi connectivity index (χ4n) is 2.38. The minimum Gasteiger partial charge on any atom is -0.349 e. The summed E-state index contributed by atoms with van der Waals surface area (Å²) in [6.45, 7) is 1.06. The van der Waals surface area contributed by atoms with Gasteiger partial charge in [0.1, 0.15) is 0 Å². The van der Waals surface area contributed by atoms with E-state index in [1.807, 2.05) is 0 Å². The second-order valence-corrected chi connectivity index (χ2v) is 7.32. The van der Waals surface area contributed by atoms with Crippen LogP contribution in [0.3, 0.4) is 0 Å². The number of rotatable bonds is 6. The lowest BCUT2D eigenvalue weighted by Crippen LogP contribution is -2.29. The average Bonchev–Trinajstić information content (AvgIpc) is 3.26. The Kier molecular flexibility index (Phi) is 5.30. The van der Waals surface area contributed by atoms with E-state index in [1.54, 1.807) is 23.1 Å². The van der Waals surface area contributed by atoms with Gasteiger partial charge in [-0.15, -0.1) is 0 Å². The lowest BCUT2D eigenvalue weighted by molar-refractivity contribution is -0.116. The molecule has 8 heteroatoms. The molecule has 0 bridgehead atoms. The van der Waals surface area contributed by atoms with E-state index in [-0.39, 0.29) is 29.5 Å². The van der Waals surface area contributed by atoms with E-state index in [2.05, 4.69) is 10.6 Å². The van der Waals surface area contributed by atoms with E-state index in [1.165, 1.54) is 11.8 Å². The Labute approximate surface area is 149 Å². The van der Waals surface area contributed by atoms with Crippen molar-refractivity contribution in [1.29, 1.82) is 0 Å². The number of carbonyl (C=O) groups is 3. The Hall–Kier alpha value is -1.73. The zero-order valence-electron chi connectivity index (χ0n) is 13.0. The monoisotopic (exact) mass is 367 g/mol. The van der Waals surface area contributed by atoms with Crippen molar-refractivity contribution in [3.63, 3.8) is 0 Å². The Balaban J connectivity index is 1.61. The van der Waals surface area contributed by atoms with Crippen LogP contribution in [0, 0.1) is 0 Å². The van der Waals surface area contributed by atoms with Crippen LogP contribution in [-0.2, 0) is 4.79 Å². The maximum atomic E-state index is 12.3. The summed E-state index contributed by atoms with van der Waals surface area (Å²) in [5.74, 6) is 0.298. The van der Waals surface area contributed by atoms with Crippen LogP contribution in [0.5, 0.6) is 0 Å². The van der Waals surface area contributed by atoms with Crippen LogP contribution < -0.4 is 10.6 Å². The Morgan fingerprint density at radius 2 is 2.12 bits per heavy atom. The molecule has 1 aromatic rings. The minimum atomic E-state index is -0.235. The van der Waals surface area contributed by atoms with Gasteiger partial charge in [-0.05, 0) is 31.0 Å². The van der Waals surface area contributed by atoms with Crippen molar-refractivity contribution in [3.8, 4) is 0 Å². The highest BCUT2D eigenvalue weighted by molar-refractivity contribution is 8.13. The van der Waals surface area contributed by atoms with Crippen LogP contribution in [0.1, 0.15) is 29.6 Å². The summed E-state index contributed by atoms with van der Waals surface area (Å²) in [7, 11) is 0. The molecular formula is C16H18ClN3O3S. The van der Waals surface area contributed by atoms with Gasteiger partial charge in [-0.2, -0.15) is 0 Å². The second kappa shape index (κ2) is 7.44. The highest BCUT2D eigenvalue weighted by Crippen LogP contribution is 2.24. The van der Waals surface area contributed by atoms with Crippen molar-refractivity contribution in [2.24, 2.45) is 0 Å². The number of hydrogen-bond acceptors (Lipinski definition) is 4. The zero-order chi connectivity index (χ0) is 17.1. The summed E-state index contributed by atoms with van der Waals surface area (Å²) in [5, 5.41) is 6.09. The third-order valence-corrected chi connectivity index (χ3v) is 4.99. The molecule has 2 aliphatic rings. The largest absolute Gasteiger partial charge is 0.349 e. The molecule has 128 valence electrons. The van der Waals surface area contributed by atoms with E-state index < -0.39 is 0 Å². The van der Waals surface area contributed by atoms with Crippen molar-refractivity contribution in [3.05, 3.63) is 28.8 Å². The molecule has 0 spiro atoms. The van der Waals surface area contributed by atoms with Gasteiger partial charge in [0.05, 0.1) is 11.3 Å². The molecule has 1 saturated heterocycles. The first-order valence-electron chi connectivity index (χ1n) is 7.85. The molecule has 2 N–H and O–H groups in total. The minimum absolute atomic E-state index is 0.0128. The van der Waals surface area contributed by atoms with E-state index in [0.717, 1.165) is 18.6 Å². The first-order valence-corrected chi connectivity index (χ1v) is 9.21. The molecule has 3 rings (SSSR count). The number of halogens is 1. The lowest BCUT2D eigenvalue weighted by atomic mass is 10.1. The summed E-state index contributed by atoms with van der Waals surface area (Å²) >= 11 is 7.24. The molecule has 1 aliphatic heterocycles. The van der Waals surface area contributed by atoms with Crippen LogP contribution >= 0.6 is 23.4 Å². The van der Waals surface area contributed by atoms with Crippen molar-refractivity contribution < 1.29 is 14.4 Å². The normalized spacial score (nSPS) is 17.0. The lowest BCUT2D eigenvalue weighted by Gasteiger charge is -2.15. The smallest absolute Gasteiger partial charge is 0.281 e. The van der Waals surface area contributed by atoms with Gasteiger partial charge < -0.3 is 15.5 Å². The standard InChI is InChI=1S/C16H18ClN3O3S/c17-10-1-4-13(12(9-10)15(22)18-11-2-3-11)19-14(21)5-6-20-7-8-24-16(20)23/h1,4,9,11H,2-3,5-8H2,(H,18,22)(H,19,21). The number of nitrogens with zero attached hydrogens (tertiary/aromatic N) is 1. The Bertz CT molecular complexity index is 679. The molecular weight excluding hydrogens is 350 g/mol.